The molecule has 0 bridgehead atoms. The van der Waals surface area contributed by atoms with Crippen molar-refractivity contribution in [3.8, 4) is 22.5 Å². The Bertz CT molecular complexity index is 957. The molecule has 0 spiro atoms. The fourth-order valence-corrected chi connectivity index (χ4v) is 4.01. The van der Waals surface area contributed by atoms with Crippen molar-refractivity contribution >= 4 is 5.97 Å². The summed E-state index contributed by atoms with van der Waals surface area (Å²) in [4.78, 5) is 14.1. The van der Waals surface area contributed by atoms with Crippen LogP contribution in [0.15, 0.2) is 48.5 Å². The topological polar surface area (TPSA) is 95.0 Å². The molecule has 0 aliphatic carbocycles. The molecule has 0 radical (unpaired) electrons. The van der Waals surface area contributed by atoms with E-state index in [0.29, 0.717) is 12.4 Å². The Balaban J connectivity index is 1.96. The first kappa shape index (κ1) is 22.6. The second-order valence-electron chi connectivity index (χ2n) is 8.20. The number of nitrogens with one attached hydrogen (secondary N) is 1. The van der Waals surface area contributed by atoms with Gasteiger partial charge in [0, 0.05) is 12.1 Å². The number of unbranched alkanes of at least 4 members (excludes halogenated alkanes) is 2. The highest BCUT2D eigenvalue weighted by Crippen LogP contribution is 2.31. The molecule has 164 valence electrons. The van der Waals surface area contributed by atoms with Crippen LogP contribution in [0.3, 0.4) is 0 Å². The van der Waals surface area contributed by atoms with Gasteiger partial charge in [0.05, 0.1) is 0 Å². The van der Waals surface area contributed by atoms with Crippen molar-refractivity contribution in [2.45, 2.75) is 52.6 Å². The van der Waals surface area contributed by atoms with Crippen LogP contribution < -0.4 is 0 Å². The summed E-state index contributed by atoms with van der Waals surface area (Å²) in [5.41, 5.74) is 4.04. The number of hydrogen-bond donors (Lipinski definition) is 2. The molecule has 0 aliphatic heterocycles. The fourth-order valence-electron chi connectivity index (χ4n) is 4.01. The zero-order valence-electron chi connectivity index (χ0n) is 18.5. The summed E-state index contributed by atoms with van der Waals surface area (Å²) < 4.78 is 0. The number of carboxylic acid groups (broad SMARTS) is 1. The largest absolute Gasteiger partial charge is 0.480 e. The van der Waals surface area contributed by atoms with Crippen LogP contribution in [0, 0.1) is 5.92 Å². The average molecular weight is 422 g/mol. The van der Waals surface area contributed by atoms with Gasteiger partial charge in [0.15, 0.2) is 5.82 Å². The van der Waals surface area contributed by atoms with E-state index in [9.17, 15) is 9.90 Å². The number of tetrazole rings is 1. The van der Waals surface area contributed by atoms with Gasteiger partial charge >= 0.3 is 5.97 Å². The first-order valence-corrected chi connectivity index (χ1v) is 10.9. The van der Waals surface area contributed by atoms with Gasteiger partial charge in [-0.25, -0.2) is 5.10 Å². The van der Waals surface area contributed by atoms with E-state index in [2.05, 4.69) is 62.8 Å². The predicted molar refractivity (Wildman–Crippen MR) is 121 cm³/mol. The number of aliphatic carboxylic acids is 1. The summed E-state index contributed by atoms with van der Waals surface area (Å²) in [7, 11) is 0. The molecule has 7 heteroatoms. The summed E-state index contributed by atoms with van der Waals surface area (Å²) in [6.07, 6.45) is 3.17. The van der Waals surface area contributed by atoms with Crippen molar-refractivity contribution in [3.63, 3.8) is 0 Å². The van der Waals surface area contributed by atoms with Crippen LogP contribution in [0.1, 0.15) is 45.6 Å². The van der Waals surface area contributed by atoms with Crippen molar-refractivity contribution in [2.75, 3.05) is 6.54 Å². The highest BCUT2D eigenvalue weighted by Gasteiger charge is 2.28. The Labute approximate surface area is 183 Å². The number of hydrogen-bond acceptors (Lipinski definition) is 5. The lowest BCUT2D eigenvalue weighted by atomic mass is 9.96. The molecule has 0 aliphatic rings. The zero-order chi connectivity index (χ0) is 22.2. The Kier molecular flexibility index (Phi) is 7.89. The molecule has 1 aromatic heterocycles. The van der Waals surface area contributed by atoms with Crippen molar-refractivity contribution in [2.24, 2.45) is 5.92 Å². The van der Waals surface area contributed by atoms with Crippen molar-refractivity contribution in [1.29, 1.82) is 0 Å². The number of benzene rings is 2. The van der Waals surface area contributed by atoms with Crippen LogP contribution in [-0.4, -0.2) is 49.2 Å². The van der Waals surface area contributed by atoms with E-state index in [-0.39, 0.29) is 5.92 Å². The molecule has 1 heterocycles. The van der Waals surface area contributed by atoms with E-state index in [1.807, 2.05) is 32.0 Å². The van der Waals surface area contributed by atoms with Crippen LogP contribution >= 0.6 is 0 Å². The van der Waals surface area contributed by atoms with Gasteiger partial charge in [-0.15, -0.1) is 5.10 Å². The third kappa shape index (κ3) is 5.76. The maximum atomic E-state index is 12.0. The summed E-state index contributed by atoms with van der Waals surface area (Å²) in [6.45, 7) is 7.40. The lowest BCUT2D eigenvalue weighted by Crippen LogP contribution is -2.44. The molecule has 2 N–H and O–H groups in total. The van der Waals surface area contributed by atoms with Gasteiger partial charge in [0.2, 0.25) is 0 Å². The van der Waals surface area contributed by atoms with Gasteiger partial charge in [-0.3, -0.25) is 9.69 Å². The molecule has 0 unspecified atom stereocenters. The quantitative estimate of drug-likeness (QED) is 0.438. The predicted octanol–water partition coefficient (Wildman–Crippen LogP) is 4.64. The number of H-pyrrole nitrogens is 1. The lowest BCUT2D eigenvalue weighted by Gasteiger charge is -2.31. The minimum absolute atomic E-state index is 0.0145. The summed E-state index contributed by atoms with van der Waals surface area (Å²) >= 11 is 0. The molecule has 1 atom stereocenters. The monoisotopic (exact) mass is 421 g/mol. The number of carboxylic acids is 1. The zero-order valence-corrected chi connectivity index (χ0v) is 18.5. The van der Waals surface area contributed by atoms with Crippen LogP contribution in [0.4, 0.5) is 0 Å². The molecule has 0 saturated carbocycles. The molecule has 2 aromatic carbocycles. The van der Waals surface area contributed by atoms with Gasteiger partial charge in [-0.05, 0) is 52.1 Å². The second-order valence-corrected chi connectivity index (χ2v) is 8.20. The Morgan fingerprint density at radius 3 is 2.48 bits per heavy atom. The van der Waals surface area contributed by atoms with E-state index < -0.39 is 12.0 Å². The van der Waals surface area contributed by atoms with Crippen LogP contribution in [0.2, 0.25) is 0 Å². The molecule has 0 saturated heterocycles. The van der Waals surface area contributed by atoms with Crippen LogP contribution in [0.25, 0.3) is 22.5 Å². The fraction of sp³-hybridized carbons (Fsp3) is 0.417. The number of aromatic nitrogens is 4. The highest BCUT2D eigenvalue weighted by atomic mass is 16.4. The van der Waals surface area contributed by atoms with E-state index in [4.69, 9.17) is 0 Å². The molecule has 3 aromatic rings. The highest BCUT2D eigenvalue weighted by molar-refractivity contribution is 5.80. The molecule has 31 heavy (non-hydrogen) atoms. The first-order chi connectivity index (χ1) is 15.0. The number of aromatic amines is 1. The van der Waals surface area contributed by atoms with E-state index in [1.165, 1.54) is 0 Å². The summed E-state index contributed by atoms with van der Waals surface area (Å²) in [5.74, 6) is -0.162. The van der Waals surface area contributed by atoms with Gasteiger partial charge in [0.1, 0.15) is 6.04 Å². The van der Waals surface area contributed by atoms with Crippen molar-refractivity contribution in [1.82, 2.24) is 25.5 Å². The van der Waals surface area contributed by atoms with Gasteiger partial charge in [0.25, 0.3) is 0 Å². The molecule has 0 amide bonds. The Hall–Kier alpha value is -3.06. The maximum Gasteiger partial charge on any atom is 0.321 e. The number of nitrogens with zero attached hydrogens (tertiary/aromatic N) is 4. The van der Waals surface area contributed by atoms with Crippen molar-refractivity contribution < 1.29 is 9.90 Å². The van der Waals surface area contributed by atoms with Gasteiger partial charge < -0.3 is 5.11 Å². The number of rotatable bonds is 11. The van der Waals surface area contributed by atoms with Crippen LogP contribution in [0.5, 0.6) is 0 Å². The summed E-state index contributed by atoms with van der Waals surface area (Å²) in [5, 5.41) is 24.3. The second kappa shape index (κ2) is 10.8. The van der Waals surface area contributed by atoms with E-state index in [1.54, 1.807) is 0 Å². The minimum atomic E-state index is -0.771. The molecule has 3 rings (SSSR count). The third-order valence-electron chi connectivity index (χ3n) is 5.48. The van der Waals surface area contributed by atoms with Gasteiger partial charge in [-0.2, -0.15) is 0 Å². The molecular formula is C24H31N5O2. The Morgan fingerprint density at radius 1 is 1.10 bits per heavy atom. The lowest BCUT2D eigenvalue weighted by molar-refractivity contribution is -0.145. The standard InChI is InChI=1S/C24H31N5O2/c1-4-5-9-14-29(22(17(2)3)24(30)31)16-18-12-13-20(19-10-7-6-8-11-19)21(15-18)23-25-27-28-26-23/h6-8,10-13,15,17,22H,4-5,9,14,16H2,1-3H3,(H,30,31)(H,25,26,27,28)/t22-/m0/s1. The Morgan fingerprint density at radius 2 is 1.87 bits per heavy atom. The SMILES string of the molecule is CCCCCN(Cc1ccc(-c2ccccc2)c(-c2nnn[nH]2)c1)[C@H](C(=O)O)C(C)C. The van der Waals surface area contributed by atoms with Crippen molar-refractivity contribution in [3.05, 3.63) is 54.1 Å². The number of carbonyl (C=O) groups is 1. The molecule has 0 fully saturated rings. The van der Waals surface area contributed by atoms with Crippen LogP contribution in [-0.2, 0) is 11.3 Å². The maximum absolute atomic E-state index is 12.0. The first-order valence-electron chi connectivity index (χ1n) is 10.9. The van der Waals surface area contributed by atoms with Gasteiger partial charge in [-0.1, -0.05) is 76.1 Å². The minimum Gasteiger partial charge on any atom is -0.480 e. The normalized spacial score (nSPS) is 12.4. The van der Waals surface area contributed by atoms with E-state index in [0.717, 1.165) is 48.1 Å². The molecule has 7 nitrogen and oxygen atoms in total. The third-order valence-corrected chi connectivity index (χ3v) is 5.48. The average Bonchev–Trinajstić information content (AvgIpc) is 3.29. The smallest absolute Gasteiger partial charge is 0.321 e. The summed E-state index contributed by atoms with van der Waals surface area (Å²) in [6, 6.07) is 15.8. The van der Waals surface area contributed by atoms with E-state index >= 15 is 0 Å². The molecular weight excluding hydrogens is 390 g/mol.